The molecule has 1 radical (unpaired) electrons. The first-order valence-corrected chi connectivity index (χ1v) is 11.4. The summed E-state index contributed by atoms with van der Waals surface area (Å²) in [6.45, 7) is 1.88. The monoisotopic (exact) mass is 447 g/mol. The van der Waals surface area contributed by atoms with Crippen molar-refractivity contribution in [2.75, 3.05) is 4.72 Å². The van der Waals surface area contributed by atoms with Gasteiger partial charge in [0.25, 0.3) is 10.0 Å². The second kappa shape index (κ2) is 9.20. The van der Waals surface area contributed by atoms with Crippen LogP contribution in [0, 0.1) is 18.8 Å². The lowest BCUT2D eigenvalue weighted by Gasteiger charge is -2.13. The summed E-state index contributed by atoms with van der Waals surface area (Å²) >= 11 is 0. The average molecular weight is 448 g/mol. The zero-order valence-electron chi connectivity index (χ0n) is 17.2. The van der Waals surface area contributed by atoms with Crippen LogP contribution >= 0.6 is 0 Å². The number of sulfonamides is 1. The zero-order chi connectivity index (χ0) is 22.6. The minimum absolute atomic E-state index is 0.145. The fraction of sp³-hybridized carbons (Fsp3) is 0.0800. The highest BCUT2D eigenvalue weighted by Gasteiger charge is 2.15. The number of aromatic nitrogens is 1. The van der Waals surface area contributed by atoms with Gasteiger partial charge in [0.15, 0.2) is 0 Å². The van der Waals surface area contributed by atoms with Crippen LogP contribution in [-0.4, -0.2) is 13.4 Å². The van der Waals surface area contributed by atoms with Crippen molar-refractivity contribution in [3.63, 3.8) is 0 Å². The van der Waals surface area contributed by atoms with Crippen molar-refractivity contribution in [2.24, 2.45) is 0 Å². The van der Waals surface area contributed by atoms with E-state index in [4.69, 9.17) is 4.74 Å². The standard InChI is InChI=1S/C25H20FN2O3S/c1-18-10-13-21(14-11-18)32(29,30)28-25-15-12-20(17-27-25)31-24-9-5-8-23(26)22(24)16-19-6-3-2-4-7-19/h2-7,9-15,17H,16H2,1H3,(H,27,28). The zero-order valence-corrected chi connectivity index (χ0v) is 18.1. The molecule has 0 aliphatic rings. The van der Waals surface area contributed by atoms with E-state index in [2.05, 4.69) is 15.8 Å². The van der Waals surface area contributed by atoms with Crippen LogP contribution in [0.1, 0.15) is 16.7 Å². The van der Waals surface area contributed by atoms with Crippen molar-refractivity contribution >= 4 is 15.8 Å². The summed E-state index contributed by atoms with van der Waals surface area (Å²) in [5.41, 5.74) is 2.28. The number of hydrogen-bond donors (Lipinski definition) is 1. The molecular weight excluding hydrogens is 427 g/mol. The van der Waals surface area contributed by atoms with Gasteiger partial charge in [0, 0.05) is 18.1 Å². The summed E-state index contributed by atoms with van der Waals surface area (Å²) in [5.74, 6) is 0.361. The maximum absolute atomic E-state index is 14.4. The molecule has 161 valence electrons. The summed E-state index contributed by atoms with van der Waals surface area (Å²) in [6, 6.07) is 24.7. The quantitative estimate of drug-likeness (QED) is 0.405. The number of anilines is 1. The minimum Gasteiger partial charge on any atom is -0.455 e. The van der Waals surface area contributed by atoms with E-state index in [0.29, 0.717) is 23.5 Å². The molecule has 0 saturated carbocycles. The molecule has 0 unspecified atom stereocenters. The number of nitrogens with zero attached hydrogens (tertiary/aromatic N) is 1. The van der Waals surface area contributed by atoms with Crippen molar-refractivity contribution in [1.29, 1.82) is 0 Å². The molecule has 1 aromatic heterocycles. The SMILES string of the molecule is Cc1ccc(S(=O)(=O)Nc2ccc(Oc3cc[c]c(F)c3Cc3ccccc3)cn2)cc1. The molecule has 0 aliphatic heterocycles. The van der Waals surface area contributed by atoms with E-state index in [0.717, 1.165) is 11.1 Å². The predicted molar refractivity (Wildman–Crippen MR) is 121 cm³/mol. The maximum Gasteiger partial charge on any atom is 0.263 e. The molecule has 0 bridgehead atoms. The normalized spacial score (nSPS) is 11.2. The van der Waals surface area contributed by atoms with Gasteiger partial charge >= 0.3 is 0 Å². The fourth-order valence-electron chi connectivity index (χ4n) is 3.09. The highest BCUT2D eigenvalue weighted by atomic mass is 32.2. The molecule has 0 aliphatic carbocycles. The van der Waals surface area contributed by atoms with E-state index in [9.17, 15) is 12.8 Å². The number of pyridine rings is 1. The Bertz CT molecular complexity index is 1310. The summed E-state index contributed by atoms with van der Waals surface area (Å²) in [6.07, 6.45) is 1.73. The summed E-state index contributed by atoms with van der Waals surface area (Å²) in [5, 5.41) is 0. The Hall–Kier alpha value is -3.71. The Morgan fingerprint density at radius 2 is 1.75 bits per heavy atom. The molecule has 0 saturated heterocycles. The Morgan fingerprint density at radius 3 is 2.44 bits per heavy atom. The fourth-order valence-corrected chi connectivity index (χ4v) is 4.10. The van der Waals surface area contributed by atoms with E-state index in [1.54, 1.807) is 24.3 Å². The van der Waals surface area contributed by atoms with Gasteiger partial charge in [0.05, 0.1) is 11.1 Å². The van der Waals surface area contributed by atoms with Crippen molar-refractivity contribution < 1.29 is 17.5 Å². The van der Waals surface area contributed by atoms with Gasteiger partial charge in [0.1, 0.15) is 23.1 Å². The smallest absolute Gasteiger partial charge is 0.263 e. The molecule has 1 heterocycles. The molecule has 3 aromatic carbocycles. The first-order chi connectivity index (χ1) is 15.4. The van der Waals surface area contributed by atoms with Crippen molar-refractivity contribution in [3.8, 4) is 11.5 Å². The molecule has 5 nitrogen and oxygen atoms in total. The molecule has 32 heavy (non-hydrogen) atoms. The van der Waals surface area contributed by atoms with Gasteiger partial charge < -0.3 is 4.74 Å². The van der Waals surface area contributed by atoms with E-state index < -0.39 is 15.8 Å². The topological polar surface area (TPSA) is 68.3 Å². The summed E-state index contributed by atoms with van der Waals surface area (Å²) in [4.78, 5) is 4.27. The molecule has 0 amide bonds. The van der Waals surface area contributed by atoms with Gasteiger partial charge in [0.2, 0.25) is 0 Å². The second-order valence-electron chi connectivity index (χ2n) is 7.20. The third kappa shape index (κ3) is 5.12. The van der Waals surface area contributed by atoms with Gasteiger partial charge in [-0.2, -0.15) is 0 Å². The summed E-state index contributed by atoms with van der Waals surface area (Å²) in [7, 11) is -3.76. The van der Waals surface area contributed by atoms with Crippen LogP contribution in [-0.2, 0) is 16.4 Å². The van der Waals surface area contributed by atoms with Crippen molar-refractivity contribution in [2.45, 2.75) is 18.2 Å². The van der Waals surface area contributed by atoms with Crippen LogP contribution in [0.25, 0.3) is 0 Å². The molecule has 0 fully saturated rings. The molecule has 4 rings (SSSR count). The average Bonchev–Trinajstić information content (AvgIpc) is 2.78. The number of rotatable bonds is 7. The van der Waals surface area contributed by atoms with Crippen molar-refractivity contribution in [1.82, 2.24) is 4.98 Å². The van der Waals surface area contributed by atoms with Crippen LogP contribution in [0.4, 0.5) is 10.2 Å². The maximum atomic E-state index is 14.4. The van der Waals surface area contributed by atoms with Crippen LogP contribution in [0.2, 0.25) is 0 Å². The summed E-state index contributed by atoms with van der Waals surface area (Å²) < 4.78 is 47.8. The molecule has 1 N–H and O–H groups in total. The highest BCUT2D eigenvalue weighted by molar-refractivity contribution is 7.92. The third-order valence-corrected chi connectivity index (χ3v) is 6.14. The Balaban J connectivity index is 1.51. The predicted octanol–water partition coefficient (Wildman–Crippen LogP) is 5.51. The van der Waals surface area contributed by atoms with Gasteiger partial charge in [-0.15, -0.1) is 0 Å². The number of hydrogen-bond acceptors (Lipinski definition) is 4. The minimum atomic E-state index is -3.76. The molecule has 0 atom stereocenters. The third-order valence-electron chi connectivity index (χ3n) is 4.77. The van der Waals surface area contributed by atoms with Gasteiger partial charge in [-0.1, -0.05) is 48.0 Å². The second-order valence-corrected chi connectivity index (χ2v) is 8.88. The van der Waals surface area contributed by atoms with E-state index in [-0.39, 0.29) is 10.7 Å². The number of halogens is 1. The molecule has 0 spiro atoms. The Labute approximate surface area is 186 Å². The van der Waals surface area contributed by atoms with E-state index in [1.165, 1.54) is 30.5 Å². The van der Waals surface area contributed by atoms with Crippen LogP contribution < -0.4 is 9.46 Å². The number of aryl methyl sites for hydroxylation is 1. The lowest BCUT2D eigenvalue weighted by Crippen LogP contribution is -2.13. The first kappa shape index (κ1) is 21.5. The van der Waals surface area contributed by atoms with E-state index in [1.807, 2.05) is 37.3 Å². The van der Waals surface area contributed by atoms with Gasteiger partial charge in [-0.25, -0.2) is 17.8 Å². The molecular formula is C25H20FN2O3S. The number of nitrogens with one attached hydrogen (secondary N) is 1. The van der Waals surface area contributed by atoms with Crippen LogP contribution in [0.3, 0.4) is 0 Å². The molecule has 7 heteroatoms. The number of benzene rings is 3. The van der Waals surface area contributed by atoms with Crippen molar-refractivity contribution in [3.05, 3.63) is 114 Å². The Morgan fingerprint density at radius 1 is 1.00 bits per heavy atom. The van der Waals surface area contributed by atoms with E-state index >= 15 is 0 Å². The highest BCUT2D eigenvalue weighted by Crippen LogP contribution is 2.29. The van der Waals surface area contributed by atoms with Crippen LogP contribution in [0.15, 0.2) is 90.0 Å². The van der Waals surface area contributed by atoms with Crippen LogP contribution in [0.5, 0.6) is 11.5 Å². The molecule has 4 aromatic rings. The lowest BCUT2D eigenvalue weighted by molar-refractivity contribution is 0.466. The first-order valence-electron chi connectivity index (χ1n) is 9.87. The number of ether oxygens (including phenoxy) is 1. The van der Waals surface area contributed by atoms with Gasteiger partial charge in [-0.3, -0.25) is 4.72 Å². The van der Waals surface area contributed by atoms with Gasteiger partial charge in [-0.05, 0) is 48.9 Å². The lowest BCUT2D eigenvalue weighted by atomic mass is 10.0. The largest absolute Gasteiger partial charge is 0.455 e. The Kier molecular flexibility index (Phi) is 6.18.